The highest BCUT2D eigenvalue weighted by molar-refractivity contribution is 6.04. The summed E-state index contributed by atoms with van der Waals surface area (Å²) < 4.78 is 12.7. The number of esters is 1. The van der Waals surface area contributed by atoms with Gasteiger partial charge in [-0.2, -0.15) is 0 Å². The van der Waals surface area contributed by atoms with E-state index in [-0.39, 0.29) is 11.9 Å². The van der Waals surface area contributed by atoms with Crippen molar-refractivity contribution in [2.45, 2.75) is 20.8 Å². The van der Waals surface area contributed by atoms with Gasteiger partial charge in [-0.15, -0.1) is 0 Å². The summed E-state index contributed by atoms with van der Waals surface area (Å²) in [5, 5.41) is 2.93. The fourth-order valence-corrected chi connectivity index (χ4v) is 3.97. The van der Waals surface area contributed by atoms with E-state index in [2.05, 4.69) is 5.32 Å². The molecule has 0 aliphatic heterocycles. The monoisotopic (exact) mass is 468 g/mol. The standard InChI is InChI=1S/C29H28N2O4/c1-4-34-25-16-14-23(15-17-25)30-28(32)22-12-9-13-24(18-22)31-20(3)26(29(33)35-5-2)19-27(31)21-10-7-6-8-11-21/h6-19H,4-5H2,1-3H3,(H,30,32). The third-order valence-corrected chi connectivity index (χ3v) is 5.60. The Labute approximate surface area is 205 Å². The first-order valence-electron chi connectivity index (χ1n) is 11.6. The molecule has 1 heterocycles. The summed E-state index contributed by atoms with van der Waals surface area (Å²) in [6, 6.07) is 26.3. The zero-order chi connectivity index (χ0) is 24.8. The molecular weight excluding hydrogens is 440 g/mol. The number of aromatic nitrogens is 1. The lowest BCUT2D eigenvalue weighted by Gasteiger charge is -2.14. The van der Waals surface area contributed by atoms with Crippen LogP contribution in [0.25, 0.3) is 16.9 Å². The molecule has 4 rings (SSSR count). The number of benzene rings is 3. The van der Waals surface area contributed by atoms with Crippen LogP contribution in [0.5, 0.6) is 5.75 Å². The third-order valence-electron chi connectivity index (χ3n) is 5.60. The predicted molar refractivity (Wildman–Crippen MR) is 137 cm³/mol. The zero-order valence-corrected chi connectivity index (χ0v) is 20.1. The highest BCUT2D eigenvalue weighted by Gasteiger charge is 2.21. The molecule has 0 radical (unpaired) electrons. The SMILES string of the molecule is CCOC(=O)c1cc(-c2ccccc2)n(-c2cccc(C(=O)Nc3ccc(OCC)cc3)c2)c1C. The minimum atomic E-state index is -0.370. The van der Waals surface area contributed by atoms with Crippen LogP contribution >= 0.6 is 0 Å². The average Bonchev–Trinajstić information content (AvgIpc) is 3.23. The maximum absolute atomic E-state index is 13.0. The molecule has 1 amide bonds. The molecule has 35 heavy (non-hydrogen) atoms. The van der Waals surface area contributed by atoms with Gasteiger partial charge in [0.05, 0.1) is 24.5 Å². The molecule has 4 aromatic rings. The lowest BCUT2D eigenvalue weighted by atomic mass is 10.1. The van der Waals surface area contributed by atoms with Crippen LogP contribution in [0.1, 0.15) is 40.3 Å². The van der Waals surface area contributed by atoms with Gasteiger partial charge in [0.25, 0.3) is 5.91 Å². The van der Waals surface area contributed by atoms with E-state index in [0.717, 1.165) is 28.4 Å². The lowest BCUT2D eigenvalue weighted by Crippen LogP contribution is -2.13. The predicted octanol–water partition coefficient (Wildman–Crippen LogP) is 6.28. The number of ether oxygens (including phenoxy) is 2. The second kappa shape index (κ2) is 10.7. The van der Waals surface area contributed by atoms with Crippen LogP contribution in [0.4, 0.5) is 5.69 Å². The van der Waals surface area contributed by atoms with E-state index >= 15 is 0 Å². The molecule has 6 nitrogen and oxygen atoms in total. The smallest absolute Gasteiger partial charge is 0.339 e. The summed E-state index contributed by atoms with van der Waals surface area (Å²) >= 11 is 0. The van der Waals surface area contributed by atoms with Crippen molar-refractivity contribution in [2.75, 3.05) is 18.5 Å². The average molecular weight is 469 g/mol. The fraction of sp³-hybridized carbons (Fsp3) is 0.172. The quantitative estimate of drug-likeness (QED) is 0.309. The second-order valence-electron chi connectivity index (χ2n) is 7.91. The second-order valence-corrected chi connectivity index (χ2v) is 7.91. The van der Waals surface area contributed by atoms with E-state index in [4.69, 9.17) is 9.47 Å². The number of rotatable bonds is 8. The lowest BCUT2D eigenvalue weighted by molar-refractivity contribution is 0.0525. The molecule has 1 aromatic heterocycles. The van der Waals surface area contributed by atoms with Crippen LogP contribution in [0.3, 0.4) is 0 Å². The van der Waals surface area contributed by atoms with E-state index in [1.165, 1.54) is 0 Å². The molecule has 0 spiro atoms. The van der Waals surface area contributed by atoms with Crippen LogP contribution in [0.2, 0.25) is 0 Å². The number of hydrogen-bond donors (Lipinski definition) is 1. The first kappa shape index (κ1) is 23.8. The highest BCUT2D eigenvalue weighted by atomic mass is 16.5. The van der Waals surface area contributed by atoms with Gasteiger partial charge in [-0.3, -0.25) is 4.79 Å². The molecule has 0 saturated heterocycles. The summed E-state index contributed by atoms with van der Waals surface area (Å²) in [4.78, 5) is 25.6. The molecule has 0 aliphatic rings. The Morgan fingerprint density at radius 3 is 2.29 bits per heavy atom. The minimum Gasteiger partial charge on any atom is -0.494 e. The Hall–Kier alpha value is -4.32. The van der Waals surface area contributed by atoms with Gasteiger partial charge in [0.2, 0.25) is 0 Å². The molecule has 0 bridgehead atoms. The van der Waals surface area contributed by atoms with Crippen molar-refractivity contribution < 1.29 is 19.1 Å². The normalized spacial score (nSPS) is 10.6. The first-order valence-corrected chi connectivity index (χ1v) is 11.6. The Morgan fingerprint density at radius 1 is 0.857 bits per heavy atom. The highest BCUT2D eigenvalue weighted by Crippen LogP contribution is 2.30. The molecule has 0 aliphatic carbocycles. The van der Waals surface area contributed by atoms with Crippen LogP contribution in [0, 0.1) is 6.92 Å². The molecule has 0 saturated carbocycles. The summed E-state index contributed by atoms with van der Waals surface area (Å²) in [5.74, 6) is 0.152. The summed E-state index contributed by atoms with van der Waals surface area (Å²) in [6.45, 7) is 6.47. The van der Waals surface area contributed by atoms with Crippen molar-refractivity contribution in [1.82, 2.24) is 4.57 Å². The summed E-state index contributed by atoms with van der Waals surface area (Å²) in [7, 11) is 0. The van der Waals surface area contributed by atoms with Gasteiger partial charge in [-0.05, 0) is 74.9 Å². The maximum atomic E-state index is 13.0. The molecule has 6 heteroatoms. The van der Waals surface area contributed by atoms with Crippen molar-refractivity contribution in [3.05, 3.63) is 102 Å². The van der Waals surface area contributed by atoms with Crippen molar-refractivity contribution in [2.24, 2.45) is 0 Å². The zero-order valence-electron chi connectivity index (χ0n) is 20.1. The number of nitrogens with zero attached hydrogens (tertiary/aromatic N) is 1. The van der Waals surface area contributed by atoms with Gasteiger partial charge in [-0.25, -0.2) is 4.79 Å². The largest absolute Gasteiger partial charge is 0.494 e. The molecule has 3 aromatic carbocycles. The van der Waals surface area contributed by atoms with Gasteiger partial charge >= 0.3 is 5.97 Å². The number of amides is 1. The van der Waals surface area contributed by atoms with Crippen molar-refractivity contribution in [3.63, 3.8) is 0 Å². The van der Waals surface area contributed by atoms with Crippen LogP contribution in [0.15, 0.2) is 84.9 Å². The molecule has 1 N–H and O–H groups in total. The van der Waals surface area contributed by atoms with Crippen molar-refractivity contribution >= 4 is 17.6 Å². The van der Waals surface area contributed by atoms with Crippen molar-refractivity contribution in [3.8, 4) is 22.7 Å². The van der Waals surface area contributed by atoms with Gasteiger partial charge < -0.3 is 19.4 Å². The topological polar surface area (TPSA) is 69.6 Å². The van der Waals surface area contributed by atoms with E-state index < -0.39 is 0 Å². The molecule has 178 valence electrons. The van der Waals surface area contributed by atoms with E-state index in [0.29, 0.717) is 30.0 Å². The number of anilines is 1. The molecular formula is C29H28N2O4. The van der Waals surface area contributed by atoms with E-state index in [9.17, 15) is 9.59 Å². The van der Waals surface area contributed by atoms with Crippen LogP contribution < -0.4 is 10.1 Å². The summed E-state index contributed by atoms with van der Waals surface area (Å²) in [5.41, 5.74) is 4.99. The Balaban J connectivity index is 1.70. The number of carbonyl (C=O) groups excluding carboxylic acids is 2. The van der Waals surface area contributed by atoms with E-state index in [1.807, 2.05) is 97.3 Å². The number of nitrogens with one attached hydrogen (secondary N) is 1. The molecule has 0 unspecified atom stereocenters. The fourth-order valence-electron chi connectivity index (χ4n) is 3.97. The summed E-state index contributed by atoms with van der Waals surface area (Å²) in [6.07, 6.45) is 0. The first-order chi connectivity index (χ1) is 17.0. The maximum Gasteiger partial charge on any atom is 0.339 e. The van der Waals surface area contributed by atoms with Crippen LogP contribution in [-0.2, 0) is 4.74 Å². The van der Waals surface area contributed by atoms with Gasteiger partial charge in [-0.1, -0.05) is 36.4 Å². The third kappa shape index (κ3) is 5.27. The van der Waals surface area contributed by atoms with Crippen LogP contribution in [-0.4, -0.2) is 29.7 Å². The van der Waals surface area contributed by atoms with E-state index in [1.54, 1.807) is 13.0 Å². The molecule has 0 atom stereocenters. The Morgan fingerprint density at radius 2 is 1.60 bits per heavy atom. The van der Waals surface area contributed by atoms with Gasteiger partial charge in [0.1, 0.15) is 5.75 Å². The number of carbonyl (C=O) groups is 2. The minimum absolute atomic E-state index is 0.229. The molecule has 0 fully saturated rings. The Kier molecular flexibility index (Phi) is 7.31. The van der Waals surface area contributed by atoms with Gasteiger partial charge in [0, 0.05) is 22.6 Å². The van der Waals surface area contributed by atoms with Crippen molar-refractivity contribution in [1.29, 1.82) is 0 Å². The Bertz CT molecular complexity index is 1320. The van der Waals surface area contributed by atoms with Gasteiger partial charge in [0.15, 0.2) is 0 Å². The number of hydrogen-bond acceptors (Lipinski definition) is 4.